The molecular formula is C13H16N6O2. The molecule has 21 heavy (non-hydrogen) atoms. The maximum atomic E-state index is 12.4. The SMILES string of the molecule is CNC1COCC1C(=O)Nc1cccnc1-n1cncn1. The highest BCUT2D eigenvalue weighted by Crippen LogP contribution is 2.20. The zero-order chi connectivity index (χ0) is 14.7. The molecule has 3 rings (SSSR count). The fourth-order valence-corrected chi connectivity index (χ4v) is 2.32. The number of ether oxygens (including phenoxy) is 1. The van der Waals surface area contributed by atoms with E-state index in [1.54, 1.807) is 18.3 Å². The molecule has 2 N–H and O–H groups in total. The second kappa shape index (κ2) is 5.98. The van der Waals surface area contributed by atoms with E-state index in [1.165, 1.54) is 17.3 Å². The lowest BCUT2D eigenvalue weighted by Gasteiger charge is -2.17. The molecule has 0 radical (unpaired) electrons. The molecule has 0 aromatic carbocycles. The largest absolute Gasteiger partial charge is 0.379 e. The summed E-state index contributed by atoms with van der Waals surface area (Å²) in [6, 6.07) is 3.57. The van der Waals surface area contributed by atoms with Crippen molar-refractivity contribution >= 4 is 11.6 Å². The summed E-state index contributed by atoms with van der Waals surface area (Å²) in [6.07, 6.45) is 4.59. The first-order chi connectivity index (χ1) is 10.3. The molecule has 2 atom stereocenters. The number of rotatable bonds is 4. The molecule has 1 saturated heterocycles. The Hall–Kier alpha value is -2.32. The summed E-state index contributed by atoms with van der Waals surface area (Å²) in [5, 5.41) is 10.0. The molecule has 2 aromatic heterocycles. The quantitative estimate of drug-likeness (QED) is 0.811. The van der Waals surface area contributed by atoms with Crippen molar-refractivity contribution in [1.29, 1.82) is 0 Å². The van der Waals surface area contributed by atoms with E-state index < -0.39 is 0 Å². The average molecular weight is 288 g/mol. The third kappa shape index (κ3) is 2.76. The summed E-state index contributed by atoms with van der Waals surface area (Å²) in [4.78, 5) is 20.5. The van der Waals surface area contributed by atoms with E-state index in [2.05, 4.69) is 25.7 Å². The van der Waals surface area contributed by atoms with E-state index in [9.17, 15) is 4.79 Å². The van der Waals surface area contributed by atoms with Crippen molar-refractivity contribution in [1.82, 2.24) is 25.1 Å². The molecule has 2 unspecified atom stereocenters. The Labute approximate surface area is 121 Å². The molecule has 2 aromatic rings. The Morgan fingerprint density at radius 2 is 2.38 bits per heavy atom. The lowest BCUT2D eigenvalue weighted by atomic mass is 10.0. The van der Waals surface area contributed by atoms with E-state index in [0.29, 0.717) is 24.7 Å². The Bertz CT molecular complexity index is 615. The van der Waals surface area contributed by atoms with Crippen LogP contribution in [-0.4, -0.2) is 52.0 Å². The summed E-state index contributed by atoms with van der Waals surface area (Å²) in [7, 11) is 1.82. The maximum Gasteiger partial charge on any atom is 0.231 e. The predicted octanol–water partition coefficient (Wildman–Crippen LogP) is -0.165. The van der Waals surface area contributed by atoms with Gasteiger partial charge in [-0.1, -0.05) is 0 Å². The van der Waals surface area contributed by atoms with E-state index in [-0.39, 0.29) is 17.9 Å². The van der Waals surface area contributed by atoms with E-state index >= 15 is 0 Å². The fourth-order valence-electron chi connectivity index (χ4n) is 2.32. The highest BCUT2D eigenvalue weighted by molar-refractivity contribution is 5.94. The maximum absolute atomic E-state index is 12.4. The first-order valence-corrected chi connectivity index (χ1v) is 6.65. The van der Waals surface area contributed by atoms with Crippen LogP contribution in [0.5, 0.6) is 0 Å². The number of amides is 1. The zero-order valence-corrected chi connectivity index (χ0v) is 11.6. The van der Waals surface area contributed by atoms with Crippen molar-refractivity contribution in [2.75, 3.05) is 25.6 Å². The molecule has 1 aliphatic heterocycles. The van der Waals surface area contributed by atoms with Gasteiger partial charge in [-0.25, -0.2) is 14.6 Å². The molecule has 0 aliphatic carbocycles. The number of carbonyl (C=O) groups is 1. The van der Waals surface area contributed by atoms with Gasteiger partial charge in [-0.2, -0.15) is 5.10 Å². The number of nitrogens with one attached hydrogen (secondary N) is 2. The van der Waals surface area contributed by atoms with E-state index in [4.69, 9.17) is 4.74 Å². The first-order valence-electron chi connectivity index (χ1n) is 6.65. The molecule has 0 spiro atoms. The number of carbonyl (C=O) groups excluding carboxylic acids is 1. The van der Waals surface area contributed by atoms with Crippen molar-refractivity contribution in [3.63, 3.8) is 0 Å². The van der Waals surface area contributed by atoms with Gasteiger partial charge in [-0.15, -0.1) is 0 Å². The number of hydrogen-bond acceptors (Lipinski definition) is 6. The molecule has 1 fully saturated rings. The number of pyridine rings is 1. The minimum Gasteiger partial charge on any atom is -0.379 e. The lowest BCUT2D eigenvalue weighted by molar-refractivity contribution is -0.120. The molecule has 110 valence electrons. The van der Waals surface area contributed by atoms with E-state index in [1.807, 2.05) is 7.05 Å². The number of nitrogens with zero attached hydrogens (tertiary/aromatic N) is 4. The predicted molar refractivity (Wildman–Crippen MR) is 74.9 cm³/mol. The van der Waals surface area contributed by atoms with Crippen LogP contribution in [-0.2, 0) is 9.53 Å². The van der Waals surface area contributed by atoms with Gasteiger partial charge in [0.25, 0.3) is 0 Å². The van der Waals surface area contributed by atoms with Crippen molar-refractivity contribution in [3.8, 4) is 5.82 Å². The van der Waals surface area contributed by atoms with Gasteiger partial charge in [-0.3, -0.25) is 4.79 Å². The average Bonchev–Trinajstić information content (AvgIpc) is 3.19. The van der Waals surface area contributed by atoms with Crippen LogP contribution < -0.4 is 10.6 Å². The Balaban J connectivity index is 1.81. The summed E-state index contributed by atoms with van der Waals surface area (Å²) >= 11 is 0. The smallest absolute Gasteiger partial charge is 0.231 e. The Morgan fingerprint density at radius 1 is 1.48 bits per heavy atom. The zero-order valence-electron chi connectivity index (χ0n) is 11.6. The summed E-state index contributed by atoms with van der Waals surface area (Å²) < 4.78 is 6.87. The van der Waals surface area contributed by atoms with Crippen molar-refractivity contribution in [3.05, 3.63) is 31.0 Å². The van der Waals surface area contributed by atoms with Crippen LogP contribution in [0, 0.1) is 5.92 Å². The summed E-state index contributed by atoms with van der Waals surface area (Å²) in [6.45, 7) is 0.952. The van der Waals surface area contributed by atoms with Gasteiger partial charge >= 0.3 is 0 Å². The highest BCUT2D eigenvalue weighted by atomic mass is 16.5. The number of hydrogen-bond donors (Lipinski definition) is 2. The van der Waals surface area contributed by atoms with Crippen molar-refractivity contribution in [2.45, 2.75) is 6.04 Å². The lowest BCUT2D eigenvalue weighted by Crippen LogP contribution is -2.39. The van der Waals surface area contributed by atoms with Crippen LogP contribution in [0.3, 0.4) is 0 Å². The van der Waals surface area contributed by atoms with Gasteiger partial charge in [0.1, 0.15) is 12.7 Å². The molecule has 1 amide bonds. The monoisotopic (exact) mass is 288 g/mol. The van der Waals surface area contributed by atoms with Crippen molar-refractivity contribution in [2.24, 2.45) is 5.92 Å². The first kappa shape index (κ1) is 13.7. The van der Waals surface area contributed by atoms with Crippen LogP contribution in [0.25, 0.3) is 5.82 Å². The normalized spacial score (nSPS) is 21.4. The topological polar surface area (TPSA) is 94.0 Å². The number of likely N-dealkylation sites (N-methyl/N-ethyl adjacent to an activating group) is 1. The van der Waals surface area contributed by atoms with Gasteiger partial charge in [-0.05, 0) is 19.2 Å². The van der Waals surface area contributed by atoms with Gasteiger partial charge in [0.15, 0.2) is 5.82 Å². The standard InChI is InChI=1S/C13H16N6O2/c1-14-11-6-21-5-9(11)13(20)18-10-3-2-4-16-12(10)19-8-15-7-17-19/h2-4,7-9,11,14H,5-6H2,1H3,(H,18,20). The highest BCUT2D eigenvalue weighted by Gasteiger charge is 2.33. The van der Waals surface area contributed by atoms with Gasteiger partial charge < -0.3 is 15.4 Å². The van der Waals surface area contributed by atoms with Crippen LogP contribution >= 0.6 is 0 Å². The van der Waals surface area contributed by atoms with Crippen molar-refractivity contribution < 1.29 is 9.53 Å². The minimum atomic E-state index is -0.223. The second-order valence-corrected chi connectivity index (χ2v) is 4.74. The molecular weight excluding hydrogens is 272 g/mol. The van der Waals surface area contributed by atoms with E-state index in [0.717, 1.165) is 0 Å². The second-order valence-electron chi connectivity index (χ2n) is 4.74. The van der Waals surface area contributed by atoms with Crippen LogP contribution in [0.2, 0.25) is 0 Å². The molecule has 0 bridgehead atoms. The fraction of sp³-hybridized carbons (Fsp3) is 0.385. The van der Waals surface area contributed by atoms with Gasteiger partial charge in [0.2, 0.25) is 5.91 Å². The number of anilines is 1. The number of aromatic nitrogens is 4. The van der Waals surface area contributed by atoms with Gasteiger partial charge in [0, 0.05) is 12.2 Å². The third-order valence-electron chi connectivity index (χ3n) is 3.47. The minimum absolute atomic E-state index is 0.0245. The Kier molecular flexibility index (Phi) is 3.89. The van der Waals surface area contributed by atoms with Crippen LogP contribution in [0.15, 0.2) is 31.0 Å². The Morgan fingerprint density at radius 3 is 3.14 bits per heavy atom. The molecule has 3 heterocycles. The molecule has 1 aliphatic rings. The van der Waals surface area contributed by atoms with Crippen LogP contribution in [0.4, 0.5) is 5.69 Å². The molecule has 8 nitrogen and oxygen atoms in total. The summed E-state index contributed by atoms with van der Waals surface area (Å²) in [5.74, 6) is 0.211. The molecule has 0 saturated carbocycles. The third-order valence-corrected chi connectivity index (χ3v) is 3.47. The summed E-state index contributed by atoms with van der Waals surface area (Å²) in [5.41, 5.74) is 0.592. The molecule has 8 heteroatoms. The van der Waals surface area contributed by atoms with Crippen LogP contribution in [0.1, 0.15) is 0 Å². The van der Waals surface area contributed by atoms with Gasteiger partial charge in [0.05, 0.1) is 24.8 Å².